The van der Waals surface area contributed by atoms with Crippen molar-refractivity contribution in [2.45, 2.75) is 33.8 Å². The number of amides is 1. The molecule has 0 aliphatic rings. The van der Waals surface area contributed by atoms with Crippen LogP contribution >= 0.6 is 0 Å². The normalized spacial score (nSPS) is 10.5. The van der Waals surface area contributed by atoms with Gasteiger partial charge in [0.2, 0.25) is 0 Å². The van der Waals surface area contributed by atoms with E-state index in [1.165, 1.54) is 0 Å². The molecule has 0 fully saturated rings. The number of aromatic nitrogens is 1. The maximum Gasteiger partial charge on any atom is 0.338 e. The van der Waals surface area contributed by atoms with Crippen molar-refractivity contribution in [2.75, 3.05) is 11.9 Å². The molecule has 2 aromatic carbocycles. The fourth-order valence-electron chi connectivity index (χ4n) is 2.83. The average molecular weight is 408 g/mol. The van der Waals surface area contributed by atoms with Gasteiger partial charge in [-0.2, -0.15) is 0 Å². The highest BCUT2D eigenvalue weighted by Crippen LogP contribution is 2.18. The van der Waals surface area contributed by atoms with Crippen LogP contribution in [0.4, 0.5) is 5.69 Å². The standard InChI is InChI=1S/C23H24N2O5/c1-4-17-6-5-7-19(12-17)24-22(26)14-29-23(27)18-8-10-20(11-9-18)28-13-21-15(2)25-30-16(21)3/h5-12H,4,13-14H2,1-3H3,(H,24,26). The molecular weight excluding hydrogens is 384 g/mol. The minimum absolute atomic E-state index is 0.324. The van der Waals surface area contributed by atoms with Crippen LogP contribution in [0.1, 0.15) is 39.9 Å². The molecule has 0 unspecified atom stereocenters. The molecule has 0 aliphatic carbocycles. The Bertz CT molecular complexity index is 1000. The molecule has 0 saturated heterocycles. The number of rotatable bonds is 8. The Hall–Kier alpha value is -3.61. The van der Waals surface area contributed by atoms with E-state index in [4.69, 9.17) is 14.0 Å². The van der Waals surface area contributed by atoms with Gasteiger partial charge in [-0.15, -0.1) is 0 Å². The summed E-state index contributed by atoms with van der Waals surface area (Å²) >= 11 is 0. The van der Waals surface area contributed by atoms with Gasteiger partial charge < -0.3 is 19.3 Å². The summed E-state index contributed by atoms with van der Waals surface area (Å²) in [6.07, 6.45) is 0.872. The third-order valence-corrected chi connectivity index (χ3v) is 4.61. The smallest absolute Gasteiger partial charge is 0.338 e. The van der Waals surface area contributed by atoms with Crippen LogP contribution in [0.15, 0.2) is 53.1 Å². The van der Waals surface area contributed by atoms with Crippen LogP contribution in [-0.2, 0) is 22.6 Å². The number of anilines is 1. The third-order valence-electron chi connectivity index (χ3n) is 4.61. The summed E-state index contributed by atoms with van der Waals surface area (Å²) in [4.78, 5) is 24.2. The summed E-state index contributed by atoms with van der Waals surface area (Å²) in [6, 6.07) is 14.1. The minimum Gasteiger partial charge on any atom is -0.489 e. The van der Waals surface area contributed by atoms with Crippen LogP contribution < -0.4 is 10.1 Å². The van der Waals surface area contributed by atoms with Gasteiger partial charge in [-0.1, -0.05) is 24.2 Å². The Balaban J connectivity index is 1.48. The molecule has 0 radical (unpaired) electrons. The fraction of sp³-hybridized carbons (Fsp3) is 0.261. The largest absolute Gasteiger partial charge is 0.489 e. The highest BCUT2D eigenvalue weighted by molar-refractivity contribution is 5.95. The van der Waals surface area contributed by atoms with E-state index in [1.807, 2.05) is 39.0 Å². The first-order valence-corrected chi connectivity index (χ1v) is 9.66. The molecule has 0 atom stereocenters. The molecule has 0 saturated carbocycles. The second kappa shape index (κ2) is 9.73. The predicted octanol–water partition coefficient (Wildman–Crippen LogP) is 4.23. The molecule has 0 bridgehead atoms. The lowest BCUT2D eigenvalue weighted by Crippen LogP contribution is -2.21. The second-order valence-electron chi connectivity index (χ2n) is 6.79. The predicted molar refractivity (Wildman–Crippen MR) is 111 cm³/mol. The van der Waals surface area contributed by atoms with Crippen LogP contribution in [0.3, 0.4) is 0 Å². The van der Waals surface area contributed by atoms with Crippen molar-refractivity contribution < 1.29 is 23.6 Å². The van der Waals surface area contributed by atoms with Gasteiger partial charge in [-0.25, -0.2) is 4.79 Å². The fourth-order valence-corrected chi connectivity index (χ4v) is 2.83. The Morgan fingerprint density at radius 1 is 1.10 bits per heavy atom. The van der Waals surface area contributed by atoms with Gasteiger partial charge in [0.15, 0.2) is 6.61 Å². The van der Waals surface area contributed by atoms with E-state index in [-0.39, 0.29) is 6.61 Å². The Morgan fingerprint density at radius 2 is 1.87 bits per heavy atom. The van der Waals surface area contributed by atoms with Crippen molar-refractivity contribution in [3.05, 3.63) is 76.7 Å². The van der Waals surface area contributed by atoms with Gasteiger partial charge in [0, 0.05) is 5.69 Å². The number of esters is 1. The Kier molecular flexibility index (Phi) is 6.85. The van der Waals surface area contributed by atoms with E-state index in [2.05, 4.69) is 10.5 Å². The van der Waals surface area contributed by atoms with Gasteiger partial charge in [0.25, 0.3) is 5.91 Å². The number of carbonyl (C=O) groups is 2. The van der Waals surface area contributed by atoms with Gasteiger partial charge in [-0.3, -0.25) is 4.79 Å². The molecule has 3 rings (SSSR count). The molecule has 3 aromatic rings. The summed E-state index contributed by atoms with van der Waals surface area (Å²) in [5.41, 5.74) is 3.80. The molecule has 0 aliphatic heterocycles. The third kappa shape index (κ3) is 5.47. The monoisotopic (exact) mass is 408 g/mol. The summed E-state index contributed by atoms with van der Waals surface area (Å²) in [5.74, 6) is 0.341. The number of carbonyl (C=O) groups excluding carboxylic acids is 2. The first kappa shape index (κ1) is 21.1. The van der Waals surface area contributed by atoms with Crippen molar-refractivity contribution in [2.24, 2.45) is 0 Å². The zero-order valence-corrected chi connectivity index (χ0v) is 17.2. The van der Waals surface area contributed by atoms with Crippen molar-refractivity contribution in [3.63, 3.8) is 0 Å². The molecule has 1 N–H and O–H groups in total. The molecule has 30 heavy (non-hydrogen) atoms. The maximum atomic E-state index is 12.2. The number of benzene rings is 2. The minimum atomic E-state index is -0.579. The number of aryl methyl sites for hydroxylation is 3. The summed E-state index contributed by atoms with van der Waals surface area (Å²) in [6.45, 7) is 5.68. The van der Waals surface area contributed by atoms with Gasteiger partial charge in [-0.05, 0) is 62.2 Å². The number of hydrogen-bond donors (Lipinski definition) is 1. The SMILES string of the molecule is CCc1cccc(NC(=O)COC(=O)c2ccc(OCc3c(C)noc3C)cc2)c1. The van der Waals surface area contributed by atoms with E-state index >= 15 is 0 Å². The zero-order valence-electron chi connectivity index (χ0n) is 17.2. The van der Waals surface area contributed by atoms with Crippen LogP contribution in [0.5, 0.6) is 5.75 Å². The molecule has 1 amide bonds. The molecule has 7 heteroatoms. The van der Waals surface area contributed by atoms with Crippen LogP contribution in [-0.4, -0.2) is 23.6 Å². The molecule has 156 valence electrons. The van der Waals surface area contributed by atoms with E-state index in [1.54, 1.807) is 30.3 Å². The van der Waals surface area contributed by atoms with Gasteiger partial charge >= 0.3 is 5.97 Å². The van der Waals surface area contributed by atoms with Crippen LogP contribution in [0.2, 0.25) is 0 Å². The summed E-state index contributed by atoms with van der Waals surface area (Å²) in [5, 5.41) is 6.61. The lowest BCUT2D eigenvalue weighted by Gasteiger charge is -2.09. The number of ether oxygens (including phenoxy) is 2. The maximum absolute atomic E-state index is 12.2. The van der Waals surface area contributed by atoms with Crippen LogP contribution in [0.25, 0.3) is 0 Å². The van der Waals surface area contributed by atoms with Crippen LogP contribution in [0, 0.1) is 13.8 Å². The van der Waals surface area contributed by atoms with E-state index < -0.39 is 11.9 Å². The molecule has 7 nitrogen and oxygen atoms in total. The van der Waals surface area contributed by atoms with Crippen molar-refractivity contribution in [3.8, 4) is 5.75 Å². The molecule has 1 heterocycles. The number of hydrogen-bond acceptors (Lipinski definition) is 6. The average Bonchev–Trinajstić information content (AvgIpc) is 3.08. The van der Waals surface area contributed by atoms with E-state index in [0.717, 1.165) is 23.2 Å². The van der Waals surface area contributed by atoms with Crippen molar-refractivity contribution in [1.82, 2.24) is 5.16 Å². The summed E-state index contributed by atoms with van der Waals surface area (Å²) in [7, 11) is 0. The topological polar surface area (TPSA) is 90.7 Å². The van der Waals surface area contributed by atoms with Gasteiger partial charge in [0.1, 0.15) is 18.1 Å². The van der Waals surface area contributed by atoms with Gasteiger partial charge in [0.05, 0.1) is 16.8 Å². The summed E-state index contributed by atoms with van der Waals surface area (Å²) < 4.78 is 15.9. The second-order valence-corrected chi connectivity index (χ2v) is 6.79. The lowest BCUT2D eigenvalue weighted by molar-refractivity contribution is -0.119. The molecule has 1 aromatic heterocycles. The highest BCUT2D eigenvalue weighted by Gasteiger charge is 2.12. The quantitative estimate of drug-likeness (QED) is 0.561. The van der Waals surface area contributed by atoms with E-state index in [9.17, 15) is 9.59 Å². The number of nitrogens with one attached hydrogen (secondary N) is 1. The highest BCUT2D eigenvalue weighted by atomic mass is 16.5. The first-order valence-electron chi connectivity index (χ1n) is 9.66. The van der Waals surface area contributed by atoms with E-state index in [0.29, 0.717) is 29.4 Å². The Labute approximate surface area is 175 Å². The molecular formula is C23H24N2O5. The Morgan fingerprint density at radius 3 is 2.53 bits per heavy atom. The van der Waals surface area contributed by atoms with Crippen molar-refractivity contribution in [1.29, 1.82) is 0 Å². The zero-order chi connectivity index (χ0) is 21.5. The first-order chi connectivity index (χ1) is 14.5. The van der Waals surface area contributed by atoms with Crippen molar-refractivity contribution >= 4 is 17.6 Å². The lowest BCUT2D eigenvalue weighted by atomic mass is 10.1. The molecule has 0 spiro atoms. The number of nitrogens with zero attached hydrogens (tertiary/aromatic N) is 1.